The molecule has 7 nitrogen and oxygen atoms in total. The Hall–Kier alpha value is -2.57. The van der Waals surface area contributed by atoms with Gasteiger partial charge in [0.05, 0.1) is 5.69 Å². The number of amides is 1. The Morgan fingerprint density at radius 3 is 2.52 bits per heavy atom. The Labute approximate surface area is 136 Å². The van der Waals surface area contributed by atoms with E-state index in [1.165, 1.54) is 19.3 Å². The molecule has 2 rings (SSSR count). The number of rotatable bonds is 3. The molecule has 1 saturated carbocycles. The lowest BCUT2D eigenvalue weighted by molar-refractivity contribution is 0.0927. The standard InChI is InChI=1S/C16H24N6O/c1-10-12(14(23)20-11-6-3-2-4-7-11)8-5-9-13(10)21-16(19)22-15(17)18/h5,8-9,11H,2-4,6-7H2,1H3,(H,20,23)(H6,17,18,19,21,22). The molecule has 0 bridgehead atoms. The normalized spacial score (nSPS) is 16.0. The van der Waals surface area contributed by atoms with E-state index in [0.29, 0.717) is 11.3 Å². The van der Waals surface area contributed by atoms with Crippen LogP contribution >= 0.6 is 0 Å². The molecule has 0 saturated heterocycles. The maximum atomic E-state index is 12.5. The molecule has 124 valence electrons. The van der Waals surface area contributed by atoms with E-state index in [4.69, 9.17) is 17.2 Å². The molecule has 7 N–H and O–H groups in total. The number of nitrogens with two attached hydrogens (primary N) is 3. The predicted molar refractivity (Wildman–Crippen MR) is 92.6 cm³/mol. The molecule has 1 aliphatic rings. The van der Waals surface area contributed by atoms with Gasteiger partial charge >= 0.3 is 0 Å². The van der Waals surface area contributed by atoms with Crippen molar-refractivity contribution in [3.63, 3.8) is 0 Å². The molecule has 1 aromatic rings. The lowest BCUT2D eigenvalue weighted by Crippen LogP contribution is -2.36. The number of aliphatic imine (C=N–C) groups is 2. The number of nitrogens with one attached hydrogen (secondary N) is 1. The summed E-state index contributed by atoms with van der Waals surface area (Å²) >= 11 is 0. The van der Waals surface area contributed by atoms with E-state index >= 15 is 0 Å². The highest BCUT2D eigenvalue weighted by Crippen LogP contribution is 2.23. The van der Waals surface area contributed by atoms with Gasteiger partial charge in [0.2, 0.25) is 5.96 Å². The molecule has 0 heterocycles. The van der Waals surface area contributed by atoms with Crippen molar-refractivity contribution in [1.82, 2.24) is 5.32 Å². The first-order valence-electron chi connectivity index (χ1n) is 7.81. The minimum atomic E-state index is -0.157. The smallest absolute Gasteiger partial charge is 0.251 e. The Morgan fingerprint density at radius 1 is 1.17 bits per heavy atom. The second kappa shape index (κ2) is 7.62. The van der Waals surface area contributed by atoms with Crippen LogP contribution in [0, 0.1) is 6.92 Å². The minimum Gasteiger partial charge on any atom is -0.370 e. The van der Waals surface area contributed by atoms with Gasteiger partial charge in [0, 0.05) is 11.6 Å². The maximum Gasteiger partial charge on any atom is 0.251 e. The van der Waals surface area contributed by atoms with Crippen LogP contribution < -0.4 is 22.5 Å². The van der Waals surface area contributed by atoms with Gasteiger partial charge in [-0.3, -0.25) is 4.79 Å². The number of carbonyl (C=O) groups is 1. The average Bonchev–Trinajstić information content (AvgIpc) is 2.49. The fraction of sp³-hybridized carbons (Fsp3) is 0.438. The second-order valence-corrected chi connectivity index (χ2v) is 5.76. The summed E-state index contributed by atoms with van der Waals surface area (Å²) in [4.78, 5) is 20.3. The number of carbonyl (C=O) groups excluding carboxylic acids is 1. The number of hydrogen-bond donors (Lipinski definition) is 4. The van der Waals surface area contributed by atoms with E-state index in [9.17, 15) is 4.79 Å². The summed E-state index contributed by atoms with van der Waals surface area (Å²) in [6.45, 7) is 1.83. The average molecular weight is 316 g/mol. The monoisotopic (exact) mass is 316 g/mol. The van der Waals surface area contributed by atoms with Crippen molar-refractivity contribution in [3.05, 3.63) is 29.3 Å². The number of guanidine groups is 2. The lowest BCUT2D eigenvalue weighted by Gasteiger charge is -2.23. The number of hydrogen-bond acceptors (Lipinski definition) is 2. The van der Waals surface area contributed by atoms with E-state index in [0.717, 1.165) is 18.4 Å². The molecule has 0 unspecified atom stereocenters. The summed E-state index contributed by atoms with van der Waals surface area (Å²) in [5.41, 5.74) is 18.1. The molecule has 1 aliphatic carbocycles. The first-order chi connectivity index (χ1) is 11.0. The van der Waals surface area contributed by atoms with Gasteiger partial charge in [-0.2, -0.15) is 4.99 Å². The van der Waals surface area contributed by atoms with E-state index in [-0.39, 0.29) is 23.9 Å². The first kappa shape index (κ1) is 16.8. The number of nitrogens with zero attached hydrogens (tertiary/aromatic N) is 2. The third-order valence-corrected chi connectivity index (χ3v) is 3.97. The molecule has 0 aromatic heterocycles. The van der Waals surface area contributed by atoms with Gasteiger partial charge in [-0.25, -0.2) is 4.99 Å². The zero-order valence-electron chi connectivity index (χ0n) is 13.4. The quantitative estimate of drug-likeness (QED) is 0.494. The highest BCUT2D eigenvalue weighted by Gasteiger charge is 2.18. The van der Waals surface area contributed by atoms with Gasteiger partial charge in [-0.15, -0.1) is 0 Å². The summed E-state index contributed by atoms with van der Waals surface area (Å²) in [7, 11) is 0. The minimum absolute atomic E-state index is 0.0436. The predicted octanol–water partition coefficient (Wildman–Crippen LogP) is 1.28. The third kappa shape index (κ3) is 4.70. The fourth-order valence-electron chi connectivity index (χ4n) is 2.78. The van der Waals surface area contributed by atoms with Crippen molar-refractivity contribution in [1.29, 1.82) is 0 Å². The highest BCUT2D eigenvalue weighted by molar-refractivity contribution is 5.98. The molecule has 1 fully saturated rings. The van der Waals surface area contributed by atoms with Gasteiger partial charge in [0.25, 0.3) is 5.91 Å². The van der Waals surface area contributed by atoms with E-state index in [1.807, 2.05) is 6.92 Å². The summed E-state index contributed by atoms with van der Waals surface area (Å²) in [5, 5.41) is 3.10. The third-order valence-electron chi connectivity index (χ3n) is 3.97. The van der Waals surface area contributed by atoms with Crippen LogP contribution in [-0.2, 0) is 0 Å². The summed E-state index contributed by atoms with van der Waals surface area (Å²) in [5.74, 6) is -0.278. The summed E-state index contributed by atoms with van der Waals surface area (Å²) in [6, 6.07) is 5.57. The van der Waals surface area contributed by atoms with E-state index < -0.39 is 0 Å². The first-order valence-corrected chi connectivity index (χ1v) is 7.81. The second-order valence-electron chi connectivity index (χ2n) is 5.76. The highest BCUT2D eigenvalue weighted by atomic mass is 16.1. The fourth-order valence-corrected chi connectivity index (χ4v) is 2.78. The molecule has 7 heteroatoms. The molecule has 23 heavy (non-hydrogen) atoms. The molecule has 0 aliphatic heterocycles. The van der Waals surface area contributed by atoms with Gasteiger partial charge in [0.15, 0.2) is 5.96 Å². The van der Waals surface area contributed by atoms with Crippen LogP contribution in [0.3, 0.4) is 0 Å². The van der Waals surface area contributed by atoms with Crippen LogP contribution in [0.2, 0.25) is 0 Å². The van der Waals surface area contributed by atoms with Crippen molar-refractivity contribution >= 4 is 23.5 Å². The Balaban J connectivity index is 2.18. The van der Waals surface area contributed by atoms with Crippen LogP contribution in [0.1, 0.15) is 48.0 Å². The van der Waals surface area contributed by atoms with Crippen molar-refractivity contribution in [2.45, 2.75) is 45.1 Å². The SMILES string of the molecule is Cc1c(N=C(N)N=C(N)N)cccc1C(=O)NC1CCCCC1. The summed E-state index contributed by atoms with van der Waals surface area (Å²) in [6.07, 6.45) is 5.67. The van der Waals surface area contributed by atoms with E-state index in [1.54, 1.807) is 18.2 Å². The van der Waals surface area contributed by atoms with Crippen LogP contribution in [-0.4, -0.2) is 23.9 Å². The molecular formula is C16H24N6O. The van der Waals surface area contributed by atoms with Crippen molar-refractivity contribution < 1.29 is 4.79 Å². The zero-order chi connectivity index (χ0) is 16.8. The lowest BCUT2D eigenvalue weighted by atomic mass is 9.95. The maximum absolute atomic E-state index is 12.5. The van der Waals surface area contributed by atoms with Crippen molar-refractivity contribution in [2.24, 2.45) is 27.2 Å². The van der Waals surface area contributed by atoms with Crippen LogP contribution in [0.5, 0.6) is 0 Å². The molecule has 0 spiro atoms. The Bertz CT molecular complexity index is 627. The number of benzene rings is 1. The summed E-state index contributed by atoms with van der Waals surface area (Å²) < 4.78 is 0. The topological polar surface area (TPSA) is 132 Å². The largest absolute Gasteiger partial charge is 0.370 e. The zero-order valence-corrected chi connectivity index (χ0v) is 13.4. The van der Waals surface area contributed by atoms with Gasteiger partial charge < -0.3 is 22.5 Å². The molecule has 0 atom stereocenters. The van der Waals surface area contributed by atoms with E-state index in [2.05, 4.69) is 15.3 Å². The van der Waals surface area contributed by atoms with Gasteiger partial charge in [-0.1, -0.05) is 25.3 Å². The Kier molecular flexibility index (Phi) is 5.56. The van der Waals surface area contributed by atoms with Crippen LogP contribution in [0.15, 0.2) is 28.2 Å². The van der Waals surface area contributed by atoms with Gasteiger partial charge in [0.1, 0.15) is 0 Å². The molecule has 0 radical (unpaired) electrons. The molecule has 1 aromatic carbocycles. The van der Waals surface area contributed by atoms with Crippen molar-refractivity contribution in [2.75, 3.05) is 0 Å². The molecule has 1 amide bonds. The Morgan fingerprint density at radius 2 is 1.87 bits per heavy atom. The van der Waals surface area contributed by atoms with Crippen LogP contribution in [0.25, 0.3) is 0 Å². The molecular weight excluding hydrogens is 292 g/mol. The van der Waals surface area contributed by atoms with Crippen molar-refractivity contribution in [3.8, 4) is 0 Å². The van der Waals surface area contributed by atoms with Crippen LogP contribution in [0.4, 0.5) is 5.69 Å². The van der Waals surface area contributed by atoms with Gasteiger partial charge in [-0.05, 0) is 37.5 Å².